The Morgan fingerprint density at radius 3 is 3.08 bits per heavy atom. The molecule has 0 unspecified atom stereocenters. The van der Waals surface area contributed by atoms with Crippen molar-refractivity contribution < 1.29 is 4.42 Å². The van der Waals surface area contributed by atoms with Crippen LogP contribution < -0.4 is 0 Å². The van der Waals surface area contributed by atoms with Crippen LogP contribution in [0.2, 0.25) is 0 Å². The second-order valence-electron chi connectivity index (χ2n) is 2.77. The zero-order valence-corrected chi connectivity index (χ0v) is 7.10. The van der Waals surface area contributed by atoms with Crippen LogP contribution in [0.4, 0.5) is 0 Å². The van der Waals surface area contributed by atoms with E-state index in [1.54, 1.807) is 17.6 Å². The maximum absolute atomic E-state index is 5.30. The number of hydrogen-bond acceptors (Lipinski definition) is 2. The zero-order chi connectivity index (χ0) is 7.97. The van der Waals surface area contributed by atoms with Gasteiger partial charge in [-0.1, -0.05) is 0 Å². The van der Waals surface area contributed by atoms with E-state index >= 15 is 0 Å². The van der Waals surface area contributed by atoms with E-state index in [0.717, 1.165) is 5.58 Å². The predicted molar refractivity (Wildman–Crippen MR) is 51.6 cm³/mol. The van der Waals surface area contributed by atoms with Gasteiger partial charge in [0.1, 0.15) is 5.58 Å². The number of benzene rings is 1. The number of furan rings is 1. The van der Waals surface area contributed by atoms with Gasteiger partial charge in [0.25, 0.3) is 0 Å². The van der Waals surface area contributed by atoms with Gasteiger partial charge in [-0.2, -0.15) is 0 Å². The van der Waals surface area contributed by atoms with Crippen LogP contribution in [0.15, 0.2) is 40.3 Å². The highest BCUT2D eigenvalue weighted by molar-refractivity contribution is 7.17. The zero-order valence-electron chi connectivity index (χ0n) is 6.28. The van der Waals surface area contributed by atoms with Crippen LogP contribution in [0.25, 0.3) is 21.1 Å². The van der Waals surface area contributed by atoms with Crippen molar-refractivity contribution in [3.63, 3.8) is 0 Å². The lowest BCUT2D eigenvalue weighted by Gasteiger charge is -1.88. The monoisotopic (exact) mass is 174 g/mol. The Kier molecular flexibility index (Phi) is 1.10. The quantitative estimate of drug-likeness (QED) is 0.507. The molecule has 0 aliphatic heterocycles. The Morgan fingerprint density at radius 2 is 2.08 bits per heavy atom. The minimum Gasteiger partial charge on any atom is -0.464 e. The van der Waals surface area contributed by atoms with Gasteiger partial charge in [0, 0.05) is 10.1 Å². The van der Waals surface area contributed by atoms with E-state index in [4.69, 9.17) is 4.42 Å². The van der Waals surface area contributed by atoms with Crippen LogP contribution in [0.1, 0.15) is 0 Å². The molecule has 0 amide bonds. The highest BCUT2D eigenvalue weighted by atomic mass is 32.1. The number of thiophene rings is 1. The number of hydrogen-bond donors (Lipinski definition) is 0. The van der Waals surface area contributed by atoms with Crippen molar-refractivity contribution in [1.29, 1.82) is 0 Å². The van der Waals surface area contributed by atoms with Crippen LogP contribution in [0.5, 0.6) is 0 Å². The molecule has 0 aliphatic rings. The lowest BCUT2D eigenvalue weighted by molar-refractivity contribution is 0.616. The first-order chi connectivity index (χ1) is 5.93. The molecule has 0 atom stereocenters. The SMILES string of the molecule is c1cc2cc3sccc3cc2o1. The molecule has 58 valence electrons. The van der Waals surface area contributed by atoms with Gasteiger partial charge in [0.05, 0.1) is 6.26 Å². The molecule has 3 rings (SSSR count). The number of rotatable bonds is 0. The lowest BCUT2D eigenvalue weighted by Crippen LogP contribution is -1.62. The minimum absolute atomic E-state index is 0.973. The molecule has 0 fully saturated rings. The van der Waals surface area contributed by atoms with Gasteiger partial charge in [-0.3, -0.25) is 0 Å². The third kappa shape index (κ3) is 0.728. The van der Waals surface area contributed by atoms with Crippen molar-refractivity contribution in [3.05, 3.63) is 35.9 Å². The topological polar surface area (TPSA) is 13.1 Å². The van der Waals surface area contributed by atoms with Crippen molar-refractivity contribution in [2.75, 3.05) is 0 Å². The molecule has 2 heteroatoms. The molecule has 2 heterocycles. The number of fused-ring (bicyclic) bond motifs is 2. The smallest absolute Gasteiger partial charge is 0.134 e. The largest absolute Gasteiger partial charge is 0.464 e. The Bertz CT molecular complexity index is 442. The molecular weight excluding hydrogens is 168 g/mol. The fourth-order valence-corrected chi connectivity index (χ4v) is 2.24. The van der Waals surface area contributed by atoms with Gasteiger partial charge in [-0.25, -0.2) is 0 Å². The molecule has 2 aromatic heterocycles. The van der Waals surface area contributed by atoms with Gasteiger partial charge in [0.15, 0.2) is 0 Å². The molecule has 12 heavy (non-hydrogen) atoms. The summed E-state index contributed by atoms with van der Waals surface area (Å²) in [4.78, 5) is 0. The highest BCUT2D eigenvalue weighted by Crippen LogP contribution is 2.26. The van der Waals surface area contributed by atoms with E-state index < -0.39 is 0 Å². The maximum atomic E-state index is 5.30. The molecule has 0 saturated heterocycles. The lowest BCUT2D eigenvalue weighted by atomic mass is 10.2. The Morgan fingerprint density at radius 1 is 1.08 bits per heavy atom. The average Bonchev–Trinajstić information content (AvgIpc) is 2.64. The molecule has 1 nitrogen and oxygen atoms in total. The normalized spacial score (nSPS) is 11.3. The molecular formula is C10H6OS. The summed E-state index contributed by atoms with van der Waals surface area (Å²) >= 11 is 1.76. The third-order valence-electron chi connectivity index (χ3n) is 2.03. The molecule has 0 N–H and O–H groups in total. The van der Waals surface area contributed by atoms with Crippen LogP contribution in [-0.2, 0) is 0 Å². The van der Waals surface area contributed by atoms with E-state index in [1.165, 1.54) is 15.5 Å². The molecule has 0 spiro atoms. The van der Waals surface area contributed by atoms with Gasteiger partial charge in [0.2, 0.25) is 0 Å². The van der Waals surface area contributed by atoms with Crippen molar-refractivity contribution in [3.8, 4) is 0 Å². The molecule has 3 aromatic rings. The van der Waals surface area contributed by atoms with E-state index in [-0.39, 0.29) is 0 Å². The standard InChI is InChI=1S/C10H6OS/c1-3-11-9-5-8-2-4-12-10(8)6-7(1)9/h1-6H. The first-order valence-corrected chi connectivity index (χ1v) is 4.66. The van der Waals surface area contributed by atoms with E-state index in [2.05, 4.69) is 23.6 Å². The molecule has 0 aliphatic carbocycles. The van der Waals surface area contributed by atoms with Crippen LogP contribution in [-0.4, -0.2) is 0 Å². The second kappa shape index (κ2) is 2.11. The Balaban J connectivity index is 2.62. The van der Waals surface area contributed by atoms with Crippen LogP contribution in [0, 0.1) is 0 Å². The van der Waals surface area contributed by atoms with Gasteiger partial charge < -0.3 is 4.42 Å². The van der Waals surface area contributed by atoms with Crippen molar-refractivity contribution >= 4 is 32.4 Å². The van der Waals surface area contributed by atoms with Crippen LogP contribution in [0.3, 0.4) is 0 Å². The summed E-state index contributed by atoms with van der Waals surface area (Å²) in [7, 11) is 0. The second-order valence-corrected chi connectivity index (χ2v) is 3.72. The molecule has 0 radical (unpaired) electrons. The van der Waals surface area contributed by atoms with Gasteiger partial charge >= 0.3 is 0 Å². The van der Waals surface area contributed by atoms with E-state index in [1.807, 2.05) is 6.07 Å². The summed E-state index contributed by atoms with van der Waals surface area (Å²) in [6.07, 6.45) is 1.73. The van der Waals surface area contributed by atoms with Crippen LogP contribution >= 0.6 is 11.3 Å². The Hall–Kier alpha value is -1.28. The molecule has 1 aromatic carbocycles. The average molecular weight is 174 g/mol. The summed E-state index contributed by atoms with van der Waals surface area (Å²) in [6.45, 7) is 0. The minimum atomic E-state index is 0.973. The maximum Gasteiger partial charge on any atom is 0.134 e. The predicted octanol–water partition coefficient (Wildman–Crippen LogP) is 3.65. The fourth-order valence-electron chi connectivity index (χ4n) is 1.42. The van der Waals surface area contributed by atoms with Crippen molar-refractivity contribution in [2.24, 2.45) is 0 Å². The molecule has 0 bridgehead atoms. The Labute approximate surface area is 73.2 Å². The molecule has 0 saturated carbocycles. The summed E-state index contributed by atoms with van der Waals surface area (Å²) < 4.78 is 6.62. The first-order valence-electron chi connectivity index (χ1n) is 3.78. The van der Waals surface area contributed by atoms with E-state index in [9.17, 15) is 0 Å². The summed E-state index contributed by atoms with van der Waals surface area (Å²) in [5.41, 5.74) is 0.973. The summed E-state index contributed by atoms with van der Waals surface area (Å²) in [6, 6.07) is 8.36. The summed E-state index contributed by atoms with van der Waals surface area (Å²) in [5.74, 6) is 0. The highest BCUT2D eigenvalue weighted by Gasteiger charge is 1.99. The van der Waals surface area contributed by atoms with Gasteiger partial charge in [-0.05, 0) is 35.0 Å². The van der Waals surface area contributed by atoms with E-state index in [0.29, 0.717) is 0 Å². The summed E-state index contributed by atoms with van der Waals surface area (Å²) in [5, 5.41) is 4.55. The fraction of sp³-hybridized carbons (Fsp3) is 0. The first kappa shape index (κ1) is 6.26. The third-order valence-corrected chi connectivity index (χ3v) is 2.91. The van der Waals surface area contributed by atoms with Crippen molar-refractivity contribution in [2.45, 2.75) is 0 Å². The van der Waals surface area contributed by atoms with Gasteiger partial charge in [-0.15, -0.1) is 11.3 Å². The van der Waals surface area contributed by atoms with Crippen molar-refractivity contribution in [1.82, 2.24) is 0 Å².